The van der Waals surface area contributed by atoms with Crippen LogP contribution in [0.15, 0.2) is 0 Å². The Balaban J connectivity index is 2.18. The number of aliphatic hydroxyl groups excluding tert-OH is 1. The lowest BCUT2D eigenvalue weighted by molar-refractivity contribution is 0.144. The number of nitrogens with one attached hydrogen (secondary N) is 1. The fourth-order valence-electron chi connectivity index (χ4n) is 1.68. The van der Waals surface area contributed by atoms with E-state index in [2.05, 4.69) is 31.2 Å². The van der Waals surface area contributed by atoms with Crippen molar-refractivity contribution in [1.82, 2.24) is 10.2 Å². The predicted molar refractivity (Wildman–Crippen MR) is 54.8 cm³/mol. The molecule has 1 saturated carbocycles. The predicted octanol–water partition coefficient (Wildman–Crippen LogP) is 0.440. The molecule has 3 nitrogen and oxygen atoms in total. The van der Waals surface area contributed by atoms with Crippen LogP contribution in [0.3, 0.4) is 0 Å². The van der Waals surface area contributed by atoms with Crippen LogP contribution in [-0.2, 0) is 0 Å². The maximum atomic E-state index is 9.56. The molecule has 0 aromatic carbocycles. The third kappa shape index (κ3) is 3.25. The van der Waals surface area contributed by atoms with E-state index in [1.165, 1.54) is 0 Å². The Hall–Kier alpha value is -0.120. The molecule has 3 heteroatoms. The standard InChI is InChI=1S/C10H22N2O/c1-8(12(2)3)7-11-9-5-4-6-10(9)13/h8-11,13H,4-7H2,1-3H3/t8?,9-,10-/m0/s1. The quantitative estimate of drug-likeness (QED) is 0.669. The lowest BCUT2D eigenvalue weighted by Crippen LogP contribution is -2.43. The first-order valence-electron chi connectivity index (χ1n) is 5.19. The van der Waals surface area contributed by atoms with E-state index in [9.17, 15) is 5.11 Å². The highest BCUT2D eigenvalue weighted by atomic mass is 16.3. The summed E-state index contributed by atoms with van der Waals surface area (Å²) < 4.78 is 0. The molecule has 1 aliphatic rings. The average Bonchev–Trinajstić information content (AvgIpc) is 2.47. The van der Waals surface area contributed by atoms with Crippen molar-refractivity contribution in [3.05, 3.63) is 0 Å². The number of hydrogen-bond donors (Lipinski definition) is 2. The van der Waals surface area contributed by atoms with Gasteiger partial charge in [-0.1, -0.05) is 0 Å². The molecule has 1 rings (SSSR count). The van der Waals surface area contributed by atoms with Crippen molar-refractivity contribution in [2.24, 2.45) is 0 Å². The molecule has 0 heterocycles. The molecule has 2 N–H and O–H groups in total. The molecule has 0 saturated heterocycles. The Labute approximate surface area is 81.1 Å². The maximum Gasteiger partial charge on any atom is 0.0693 e. The smallest absolute Gasteiger partial charge is 0.0693 e. The van der Waals surface area contributed by atoms with Gasteiger partial charge in [-0.25, -0.2) is 0 Å². The van der Waals surface area contributed by atoms with E-state index in [1.54, 1.807) is 0 Å². The largest absolute Gasteiger partial charge is 0.392 e. The van der Waals surface area contributed by atoms with Crippen LogP contribution in [0.25, 0.3) is 0 Å². The first-order valence-corrected chi connectivity index (χ1v) is 5.19. The van der Waals surface area contributed by atoms with Crippen molar-refractivity contribution >= 4 is 0 Å². The second-order valence-corrected chi connectivity index (χ2v) is 4.33. The van der Waals surface area contributed by atoms with Crippen LogP contribution in [0.1, 0.15) is 26.2 Å². The molecule has 3 atom stereocenters. The van der Waals surface area contributed by atoms with E-state index in [1.807, 2.05) is 0 Å². The zero-order valence-electron chi connectivity index (χ0n) is 8.95. The number of hydrogen-bond acceptors (Lipinski definition) is 3. The summed E-state index contributed by atoms with van der Waals surface area (Å²) in [4.78, 5) is 2.19. The van der Waals surface area contributed by atoms with Crippen LogP contribution < -0.4 is 5.32 Å². The fourth-order valence-corrected chi connectivity index (χ4v) is 1.68. The van der Waals surface area contributed by atoms with Crippen LogP contribution in [0, 0.1) is 0 Å². The van der Waals surface area contributed by atoms with Gasteiger partial charge in [-0.05, 0) is 40.3 Å². The molecule has 0 radical (unpaired) electrons. The summed E-state index contributed by atoms with van der Waals surface area (Å²) in [7, 11) is 4.16. The van der Waals surface area contributed by atoms with Crippen LogP contribution >= 0.6 is 0 Å². The third-order valence-electron chi connectivity index (χ3n) is 3.04. The van der Waals surface area contributed by atoms with Crippen molar-refractivity contribution in [2.45, 2.75) is 44.4 Å². The summed E-state index contributed by atoms with van der Waals surface area (Å²) in [6.45, 7) is 3.16. The normalized spacial score (nSPS) is 31.2. The first-order chi connectivity index (χ1) is 6.11. The SMILES string of the molecule is CC(CN[C@H]1CCC[C@@H]1O)N(C)C. The second-order valence-electron chi connectivity index (χ2n) is 4.33. The van der Waals surface area contributed by atoms with E-state index in [0.29, 0.717) is 12.1 Å². The van der Waals surface area contributed by atoms with Crippen molar-refractivity contribution in [2.75, 3.05) is 20.6 Å². The van der Waals surface area contributed by atoms with Crippen LogP contribution in [-0.4, -0.2) is 48.8 Å². The lowest BCUT2D eigenvalue weighted by Gasteiger charge is -2.23. The van der Waals surface area contributed by atoms with Gasteiger partial charge in [0.05, 0.1) is 6.10 Å². The zero-order chi connectivity index (χ0) is 9.84. The third-order valence-corrected chi connectivity index (χ3v) is 3.04. The van der Waals surface area contributed by atoms with Gasteiger partial charge in [0, 0.05) is 18.6 Å². The van der Waals surface area contributed by atoms with E-state index in [0.717, 1.165) is 25.8 Å². The minimum atomic E-state index is -0.116. The Bertz CT molecular complexity index is 150. The lowest BCUT2D eigenvalue weighted by atomic mass is 10.2. The van der Waals surface area contributed by atoms with E-state index in [-0.39, 0.29) is 6.10 Å². The maximum absolute atomic E-state index is 9.56. The van der Waals surface area contributed by atoms with Crippen molar-refractivity contribution in [1.29, 1.82) is 0 Å². The monoisotopic (exact) mass is 186 g/mol. The van der Waals surface area contributed by atoms with Gasteiger partial charge < -0.3 is 15.3 Å². The Morgan fingerprint density at radius 3 is 2.62 bits per heavy atom. The summed E-state index contributed by atoms with van der Waals surface area (Å²) in [5.74, 6) is 0. The van der Waals surface area contributed by atoms with Gasteiger partial charge in [-0.3, -0.25) is 0 Å². The van der Waals surface area contributed by atoms with E-state index >= 15 is 0 Å². The van der Waals surface area contributed by atoms with Gasteiger partial charge in [0.15, 0.2) is 0 Å². The first kappa shape index (κ1) is 11.0. The van der Waals surface area contributed by atoms with Crippen LogP contribution in [0.4, 0.5) is 0 Å². The number of aliphatic hydroxyl groups is 1. The van der Waals surface area contributed by atoms with Gasteiger partial charge in [0.2, 0.25) is 0 Å². The Kier molecular flexibility index (Phi) is 4.16. The molecule has 1 fully saturated rings. The van der Waals surface area contributed by atoms with Crippen LogP contribution in [0.2, 0.25) is 0 Å². The molecule has 0 spiro atoms. The van der Waals surface area contributed by atoms with E-state index in [4.69, 9.17) is 0 Å². The number of likely N-dealkylation sites (N-methyl/N-ethyl adjacent to an activating group) is 1. The molecule has 0 aromatic heterocycles. The van der Waals surface area contributed by atoms with Gasteiger partial charge >= 0.3 is 0 Å². The molecule has 13 heavy (non-hydrogen) atoms. The summed E-state index contributed by atoms with van der Waals surface area (Å²) in [5, 5.41) is 13.0. The highest BCUT2D eigenvalue weighted by Gasteiger charge is 2.24. The topological polar surface area (TPSA) is 35.5 Å². The summed E-state index contributed by atoms with van der Waals surface area (Å²) in [6.07, 6.45) is 3.14. The summed E-state index contributed by atoms with van der Waals surface area (Å²) in [5.41, 5.74) is 0. The molecular weight excluding hydrogens is 164 g/mol. The zero-order valence-corrected chi connectivity index (χ0v) is 8.95. The highest BCUT2D eigenvalue weighted by Crippen LogP contribution is 2.18. The van der Waals surface area contributed by atoms with E-state index < -0.39 is 0 Å². The van der Waals surface area contributed by atoms with Gasteiger partial charge in [-0.2, -0.15) is 0 Å². The van der Waals surface area contributed by atoms with Gasteiger partial charge in [-0.15, -0.1) is 0 Å². The van der Waals surface area contributed by atoms with Crippen molar-refractivity contribution in [3.63, 3.8) is 0 Å². The van der Waals surface area contributed by atoms with Crippen LogP contribution in [0.5, 0.6) is 0 Å². The molecule has 0 amide bonds. The molecule has 0 aromatic rings. The van der Waals surface area contributed by atoms with Crippen molar-refractivity contribution < 1.29 is 5.11 Å². The second kappa shape index (κ2) is 4.94. The number of rotatable bonds is 4. The molecule has 78 valence electrons. The summed E-state index contributed by atoms with van der Waals surface area (Å²) >= 11 is 0. The average molecular weight is 186 g/mol. The van der Waals surface area contributed by atoms with Crippen molar-refractivity contribution in [3.8, 4) is 0 Å². The fraction of sp³-hybridized carbons (Fsp3) is 1.00. The minimum Gasteiger partial charge on any atom is -0.392 e. The molecular formula is C10H22N2O. The molecule has 0 bridgehead atoms. The molecule has 1 aliphatic carbocycles. The Morgan fingerprint density at radius 1 is 1.46 bits per heavy atom. The minimum absolute atomic E-state index is 0.116. The molecule has 1 unspecified atom stereocenters. The number of nitrogens with zero attached hydrogens (tertiary/aromatic N) is 1. The Morgan fingerprint density at radius 2 is 2.15 bits per heavy atom. The summed E-state index contributed by atoms with van der Waals surface area (Å²) in [6, 6.07) is 0.871. The van der Waals surface area contributed by atoms with Gasteiger partial charge in [0.1, 0.15) is 0 Å². The van der Waals surface area contributed by atoms with Gasteiger partial charge in [0.25, 0.3) is 0 Å². The molecule has 0 aliphatic heterocycles. The highest BCUT2D eigenvalue weighted by molar-refractivity contribution is 4.83.